The van der Waals surface area contributed by atoms with Gasteiger partial charge < -0.3 is 10.1 Å². The molecule has 1 N–H and O–H groups in total. The molecular weight excluding hydrogens is 268 g/mol. The highest BCUT2D eigenvalue weighted by molar-refractivity contribution is 7.99. The van der Waals surface area contributed by atoms with Crippen molar-refractivity contribution in [2.45, 2.75) is 48.5 Å². The Morgan fingerprint density at radius 1 is 1.26 bits per heavy atom. The topological polar surface area (TPSA) is 21.3 Å². The van der Waals surface area contributed by atoms with Crippen LogP contribution in [0.1, 0.15) is 25.7 Å². The van der Waals surface area contributed by atoms with Gasteiger partial charge in [-0.25, -0.2) is 0 Å². The summed E-state index contributed by atoms with van der Waals surface area (Å²) in [6, 6.07) is 7.60. The quantitative estimate of drug-likeness (QED) is 0.812. The molecule has 0 heterocycles. The van der Waals surface area contributed by atoms with E-state index in [2.05, 4.69) is 5.32 Å². The smallest absolute Gasteiger partial charge is 0.288 e. The van der Waals surface area contributed by atoms with Gasteiger partial charge >= 0.3 is 0 Å². The van der Waals surface area contributed by atoms with Crippen molar-refractivity contribution < 1.29 is 13.5 Å². The van der Waals surface area contributed by atoms with Gasteiger partial charge in [-0.15, -0.1) is 0 Å². The second kappa shape index (κ2) is 7.10. The molecule has 0 aliphatic heterocycles. The van der Waals surface area contributed by atoms with Crippen molar-refractivity contribution in [1.82, 2.24) is 0 Å². The van der Waals surface area contributed by atoms with E-state index in [-0.39, 0.29) is 0 Å². The van der Waals surface area contributed by atoms with Crippen LogP contribution >= 0.6 is 11.8 Å². The van der Waals surface area contributed by atoms with Crippen molar-refractivity contribution in [2.24, 2.45) is 0 Å². The molecule has 0 spiro atoms. The lowest BCUT2D eigenvalue weighted by Gasteiger charge is -2.29. The van der Waals surface area contributed by atoms with Gasteiger partial charge in [0.05, 0.1) is 6.10 Å². The first kappa shape index (κ1) is 14.6. The molecule has 0 bridgehead atoms. The first-order valence-electron chi connectivity index (χ1n) is 6.51. The molecule has 1 aromatic carbocycles. The molecule has 1 aliphatic carbocycles. The van der Waals surface area contributed by atoms with Crippen LogP contribution < -0.4 is 5.32 Å². The van der Waals surface area contributed by atoms with Gasteiger partial charge in [-0.1, -0.05) is 11.8 Å². The zero-order valence-corrected chi connectivity index (χ0v) is 11.8. The third-order valence-electron chi connectivity index (χ3n) is 3.41. The summed E-state index contributed by atoms with van der Waals surface area (Å²) in [4.78, 5) is 0.596. The van der Waals surface area contributed by atoms with Crippen LogP contribution in [-0.4, -0.2) is 25.0 Å². The fourth-order valence-electron chi connectivity index (χ4n) is 2.46. The van der Waals surface area contributed by atoms with E-state index in [4.69, 9.17) is 4.74 Å². The Morgan fingerprint density at radius 2 is 2.00 bits per heavy atom. The van der Waals surface area contributed by atoms with Gasteiger partial charge in [0.25, 0.3) is 5.76 Å². The van der Waals surface area contributed by atoms with Gasteiger partial charge in [-0.3, -0.25) is 0 Å². The molecule has 2 unspecified atom stereocenters. The van der Waals surface area contributed by atoms with Crippen LogP contribution in [0.15, 0.2) is 29.2 Å². The Kier molecular flexibility index (Phi) is 5.45. The van der Waals surface area contributed by atoms with Crippen LogP contribution in [0.4, 0.5) is 14.5 Å². The first-order chi connectivity index (χ1) is 9.17. The zero-order valence-electron chi connectivity index (χ0n) is 10.9. The zero-order chi connectivity index (χ0) is 13.7. The third kappa shape index (κ3) is 4.66. The molecule has 1 aromatic rings. The normalized spacial score (nSPS) is 23.6. The van der Waals surface area contributed by atoms with Crippen LogP contribution in [0.5, 0.6) is 0 Å². The van der Waals surface area contributed by atoms with E-state index < -0.39 is 5.76 Å². The number of ether oxygens (including phenoxy) is 1. The summed E-state index contributed by atoms with van der Waals surface area (Å²) in [5.74, 6) is -2.36. The highest BCUT2D eigenvalue weighted by Gasteiger charge is 2.21. The maximum atomic E-state index is 12.2. The molecule has 0 saturated heterocycles. The number of thioether (sulfide) groups is 1. The highest BCUT2D eigenvalue weighted by atomic mass is 32.2. The highest BCUT2D eigenvalue weighted by Crippen LogP contribution is 2.28. The molecule has 0 radical (unpaired) electrons. The summed E-state index contributed by atoms with van der Waals surface area (Å²) in [6.07, 6.45) is 4.76. The first-order valence-corrected chi connectivity index (χ1v) is 7.39. The van der Waals surface area contributed by atoms with Gasteiger partial charge in [0.1, 0.15) is 0 Å². The van der Waals surface area contributed by atoms with E-state index in [1.165, 1.54) is 0 Å². The molecule has 0 amide bonds. The van der Waals surface area contributed by atoms with Crippen molar-refractivity contribution in [2.75, 3.05) is 12.4 Å². The number of halogens is 2. The average molecular weight is 287 g/mol. The Morgan fingerprint density at radius 3 is 2.63 bits per heavy atom. The lowest BCUT2D eigenvalue weighted by Crippen LogP contribution is -2.30. The third-order valence-corrected chi connectivity index (χ3v) is 4.13. The SMILES string of the molecule is COC1CCCC(Nc2ccc(SC(F)F)cc2)C1. The lowest BCUT2D eigenvalue weighted by molar-refractivity contribution is 0.0669. The molecule has 1 aliphatic rings. The number of benzene rings is 1. The molecule has 2 nitrogen and oxygen atoms in total. The van der Waals surface area contributed by atoms with Gasteiger partial charge in [0, 0.05) is 23.7 Å². The van der Waals surface area contributed by atoms with E-state index in [9.17, 15) is 8.78 Å². The summed E-state index contributed by atoms with van der Waals surface area (Å²) in [7, 11) is 1.75. The second-order valence-electron chi connectivity index (χ2n) is 4.77. The van der Waals surface area contributed by atoms with Crippen molar-refractivity contribution >= 4 is 17.4 Å². The minimum Gasteiger partial charge on any atom is -0.382 e. The fraction of sp³-hybridized carbons (Fsp3) is 0.571. The van der Waals surface area contributed by atoms with Crippen LogP contribution in [0.25, 0.3) is 0 Å². The van der Waals surface area contributed by atoms with E-state index in [1.807, 2.05) is 12.1 Å². The monoisotopic (exact) mass is 287 g/mol. The number of methoxy groups -OCH3 is 1. The number of hydrogen-bond donors (Lipinski definition) is 1. The van der Waals surface area contributed by atoms with Gasteiger partial charge in [-0.2, -0.15) is 8.78 Å². The summed E-state index contributed by atoms with van der Waals surface area (Å²) < 4.78 is 29.8. The summed E-state index contributed by atoms with van der Waals surface area (Å²) in [5.41, 5.74) is 0.986. The molecule has 2 rings (SSSR count). The van der Waals surface area contributed by atoms with E-state index in [0.29, 0.717) is 28.8 Å². The van der Waals surface area contributed by atoms with E-state index in [0.717, 1.165) is 31.4 Å². The Labute approximate surface area is 116 Å². The van der Waals surface area contributed by atoms with Crippen LogP contribution in [-0.2, 0) is 4.74 Å². The number of alkyl halides is 2. The van der Waals surface area contributed by atoms with Crippen LogP contribution in [0.3, 0.4) is 0 Å². The van der Waals surface area contributed by atoms with Gasteiger partial charge in [-0.05, 0) is 49.9 Å². The summed E-state index contributed by atoms with van der Waals surface area (Å²) >= 11 is 0.576. The molecule has 2 atom stereocenters. The van der Waals surface area contributed by atoms with Crippen molar-refractivity contribution in [1.29, 1.82) is 0 Å². The largest absolute Gasteiger partial charge is 0.382 e. The lowest BCUT2D eigenvalue weighted by atomic mass is 9.92. The van der Waals surface area contributed by atoms with Crippen LogP contribution in [0.2, 0.25) is 0 Å². The molecule has 19 heavy (non-hydrogen) atoms. The molecule has 1 fully saturated rings. The Bertz CT molecular complexity index is 386. The molecule has 5 heteroatoms. The maximum Gasteiger partial charge on any atom is 0.288 e. The molecule has 106 valence electrons. The minimum absolute atomic E-state index is 0.333. The number of anilines is 1. The number of nitrogens with one attached hydrogen (secondary N) is 1. The summed E-state index contributed by atoms with van der Waals surface area (Å²) in [6.45, 7) is 0. The fourth-order valence-corrected chi connectivity index (χ4v) is 2.96. The van der Waals surface area contributed by atoms with Crippen LogP contribution in [0, 0.1) is 0 Å². The predicted molar refractivity (Wildman–Crippen MR) is 75.0 cm³/mol. The molecule has 0 aromatic heterocycles. The van der Waals surface area contributed by atoms with Crippen molar-refractivity contribution in [3.63, 3.8) is 0 Å². The predicted octanol–water partition coefficient (Wildman–Crippen LogP) is 4.37. The average Bonchev–Trinajstić information content (AvgIpc) is 2.41. The Balaban J connectivity index is 1.88. The summed E-state index contributed by atoms with van der Waals surface area (Å²) in [5, 5.41) is 3.45. The van der Waals surface area contributed by atoms with E-state index in [1.54, 1.807) is 19.2 Å². The maximum absolute atomic E-state index is 12.2. The van der Waals surface area contributed by atoms with Gasteiger partial charge in [0.2, 0.25) is 0 Å². The van der Waals surface area contributed by atoms with Gasteiger partial charge in [0.15, 0.2) is 0 Å². The van der Waals surface area contributed by atoms with Crippen molar-refractivity contribution in [3.8, 4) is 0 Å². The standard InChI is InChI=1S/C14H19F2NOS/c1-18-12-4-2-3-11(9-12)17-10-5-7-13(8-6-10)19-14(15)16/h5-8,11-12,14,17H,2-4,9H2,1H3. The molecular formula is C14H19F2NOS. The number of hydrogen-bond acceptors (Lipinski definition) is 3. The minimum atomic E-state index is -2.36. The van der Waals surface area contributed by atoms with E-state index >= 15 is 0 Å². The molecule has 1 saturated carbocycles. The Hall–Kier alpha value is -0.810. The van der Waals surface area contributed by atoms with Crippen molar-refractivity contribution in [3.05, 3.63) is 24.3 Å². The number of rotatable bonds is 5. The second-order valence-corrected chi connectivity index (χ2v) is 5.83.